The zero-order valence-corrected chi connectivity index (χ0v) is 7.43. The van der Waals surface area contributed by atoms with E-state index in [1.807, 2.05) is 18.7 Å². The molecule has 4 heteroatoms. The summed E-state index contributed by atoms with van der Waals surface area (Å²) in [5.74, 6) is 1.70. The number of carbonyl (C=O) groups is 1. The minimum Gasteiger partial charge on any atom is -0.369 e. The quantitative estimate of drug-likeness (QED) is 0.630. The second-order valence-corrected chi connectivity index (χ2v) is 3.89. The van der Waals surface area contributed by atoms with Crippen molar-refractivity contribution in [2.24, 2.45) is 11.7 Å². The predicted octanol–water partition coefficient (Wildman–Crippen LogP) is -0.172. The van der Waals surface area contributed by atoms with Gasteiger partial charge in [0.05, 0.1) is 5.92 Å². The van der Waals surface area contributed by atoms with Crippen LogP contribution < -0.4 is 11.1 Å². The number of thioether (sulfide) groups is 1. The van der Waals surface area contributed by atoms with E-state index >= 15 is 0 Å². The minimum atomic E-state index is -0.235. The molecular weight excluding hydrogens is 160 g/mol. The van der Waals surface area contributed by atoms with Gasteiger partial charge in [-0.1, -0.05) is 6.92 Å². The Labute approximate surface area is 71.1 Å². The number of hydrogen-bond acceptors (Lipinski definition) is 2. The van der Waals surface area contributed by atoms with Crippen molar-refractivity contribution in [2.75, 3.05) is 18.1 Å². The van der Waals surface area contributed by atoms with E-state index in [9.17, 15) is 4.79 Å². The summed E-state index contributed by atoms with van der Waals surface area (Å²) in [6, 6.07) is 0.159. The number of nitrogens with zero attached hydrogens (tertiary/aromatic N) is 1. The van der Waals surface area contributed by atoms with E-state index in [0.29, 0.717) is 0 Å². The van der Waals surface area contributed by atoms with Gasteiger partial charge in [-0.2, -0.15) is 11.8 Å². The van der Waals surface area contributed by atoms with Gasteiger partial charge in [0, 0.05) is 24.1 Å². The van der Waals surface area contributed by atoms with Crippen molar-refractivity contribution in [1.82, 2.24) is 5.32 Å². The van der Waals surface area contributed by atoms with Crippen LogP contribution in [0.2, 0.25) is 0 Å². The molecule has 1 aliphatic rings. The maximum absolute atomic E-state index is 10.8. The molecule has 0 bridgehead atoms. The molecule has 0 aromatic rings. The molecule has 1 fully saturated rings. The fourth-order valence-electron chi connectivity index (χ4n) is 1.03. The molecule has 0 aromatic carbocycles. The fraction of sp³-hybridized carbons (Fsp3) is 0.857. The van der Waals surface area contributed by atoms with Crippen molar-refractivity contribution in [3.05, 3.63) is 0 Å². The normalized spacial score (nSPS) is 27.9. The molecule has 0 saturated carbocycles. The number of amides is 1. The van der Waals surface area contributed by atoms with Crippen LogP contribution >= 0.6 is 11.8 Å². The van der Waals surface area contributed by atoms with E-state index in [4.69, 9.17) is 5.73 Å². The lowest BCUT2D eigenvalue weighted by Crippen LogP contribution is -2.42. The Bertz CT molecular complexity index is 145. The highest BCUT2D eigenvalue weighted by molar-refractivity contribution is 7.99. The Morgan fingerprint density at radius 2 is 2.55 bits per heavy atom. The van der Waals surface area contributed by atoms with Gasteiger partial charge in [0.15, 0.2) is 0 Å². The Morgan fingerprint density at radius 3 is 3.00 bits per heavy atom. The van der Waals surface area contributed by atoms with Crippen LogP contribution in [0, 0.1) is 5.92 Å². The van der Waals surface area contributed by atoms with Crippen LogP contribution in [0.1, 0.15) is 6.92 Å². The van der Waals surface area contributed by atoms with Crippen LogP contribution in [0.3, 0.4) is 0 Å². The monoisotopic (exact) mass is 173 g/mol. The summed E-state index contributed by atoms with van der Waals surface area (Å²) in [5, 5.41) is 4.33. The molecule has 0 aliphatic carbocycles. The van der Waals surface area contributed by atoms with E-state index in [-0.39, 0.29) is 17.9 Å². The number of hydrogen-bond donors (Lipinski definition) is 1. The molecule has 1 heterocycles. The first-order valence-corrected chi connectivity index (χ1v) is 4.91. The molecule has 0 spiro atoms. The zero-order valence-electron chi connectivity index (χ0n) is 6.62. The van der Waals surface area contributed by atoms with Crippen molar-refractivity contribution in [3.8, 4) is 0 Å². The predicted molar refractivity (Wildman–Crippen MR) is 46.5 cm³/mol. The summed E-state index contributed by atoms with van der Waals surface area (Å²) >= 11 is 1.85. The maximum atomic E-state index is 10.8. The molecule has 11 heavy (non-hydrogen) atoms. The Kier molecular flexibility index (Phi) is 3.20. The van der Waals surface area contributed by atoms with Crippen molar-refractivity contribution in [3.63, 3.8) is 0 Å². The topological polar surface area (TPSA) is 57.2 Å². The Morgan fingerprint density at radius 1 is 1.82 bits per heavy atom. The summed E-state index contributed by atoms with van der Waals surface area (Å²) in [5.41, 5.74) is 5.16. The molecule has 63 valence electrons. The third kappa shape index (κ3) is 2.38. The van der Waals surface area contributed by atoms with E-state index in [2.05, 4.69) is 5.32 Å². The van der Waals surface area contributed by atoms with Crippen molar-refractivity contribution in [2.45, 2.75) is 13.0 Å². The first-order chi connectivity index (χ1) is 5.22. The third-order valence-electron chi connectivity index (χ3n) is 1.91. The summed E-state index contributed by atoms with van der Waals surface area (Å²) in [6.45, 7) is 2.72. The van der Waals surface area contributed by atoms with Crippen molar-refractivity contribution >= 4 is 17.7 Å². The van der Waals surface area contributed by atoms with E-state index < -0.39 is 0 Å². The third-order valence-corrected chi connectivity index (χ3v) is 2.96. The zero-order chi connectivity index (χ0) is 8.27. The standard InChI is InChI=1S/C7H13N2OS/c1-5(7(8)10)6-4-11-3-2-9-6/h5-6H,2-4H2,1H3,(H2,8,10). The lowest BCUT2D eigenvalue weighted by atomic mass is 10.0. The highest BCUT2D eigenvalue weighted by Gasteiger charge is 2.24. The molecule has 1 aliphatic heterocycles. The molecule has 1 amide bonds. The molecule has 1 rings (SSSR count). The second kappa shape index (κ2) is 3.97. The molecule has 2 atom stereocenters. The molecule has 3 nitrogen and oxygen atoms in total. The van der Waals surface area contributed by atoms with Crippen LogP contribution in [0.25, 0.3) is 0 Å². The van der Waals surface area contributed by atoms with Crippen LogP contribution in [0.4, 0.5) is 0 Å². The van der Waals surface area contributed by atoms with Gasteiger partial charge in [0.2, 0.25) is 5.91 Å². The Hall–Kier alpha value is -0.220. The summed E-state index contributed by atoms with van der Waals surface area (Å²) in [6.07, 6.45) is 0. The lowest BCUT2D eigenvalue weighted by Gasteiger charge is -2.24. The average Bonchev–Trinajstić information content (AvgIpc) is 2.05. The van der Waals surface area contributed by atoms with Crippen LogP contribution in [0.15, 0.2) is 0 Å². The van der Waals surface area contributed by atoms with Gasteiger partial charge in [-0.3, -0.25) is 4.79 Å². The van der Waals surface area contributed by atoms with Gasteiger partial charge in [-0.05, 0) is 0 Å². The van der Waals surface area contributed by atoms with Crippen molar-refractivity contribution < 1.29 is 4.79 Å². The smallest absolute Gasteiger partial charge is 0.221 e. The van der Waals surface area contributed by atoms with Gasteiger partial charge < -0.3 is 5.73 Å². The average molecular weight is 173 g/mol. The van der Waals surface area contributed by atoms with Gasteiger partial charge in [0.1, 0.15) is 0 Å². The first kappa shape index (κ1) is 8.87. The highest BCUT2D eigenvalue weighted by Crippen LogP contribution is 2.15. The molecule has 0 aromatic heterocycles. The van der Waals surface area contributed by atoms with Crippen LogP contribution in [0.5, 0.6) is 0 Å². The number of nitrogens with two attached hydrogens (primary N) is 1. The van der Waals surface area contributed by atoms with Crippen molar-refractivity contribution in [1.29, 1.82) is 0 Å². The van der Waals surface area contributed by atoms with E-state index in [1.54, 1.807) is 0 Å². The number of primary amides is 1. The Balaban J connectivity index is 2.38. The molecule has 1 radical (unpaired) electrons. The maximum Gasteiger partial charge on any atom is 0.221 e. The van der Waals surface area contributed by atoms with Gasteiger partial charge in [-0.15, -0.1) is 0 Å². The minimum absolute atomic E-state index is 0.0946. The summed E-state index contributed by atoms with van der Waals surface area (Å²) < 4.78 is 0. The fourth-order valence-corrected chi connectivity index (χ4v) is 2.07. The lowest BCUT2D eigenvalue weighted by molar-refractivity contribution is -0.121. The SMILES string of the molecule is CC(C(N)=O)C1CSCC[N]1. The van der Waals surface area contributed by atoms with Crippen LogP contribution in [-0.4, -0.2) is 30.0 Å². The molecular formula is C7H13N2OS. The largest absolute Gasteiger partial charge is 0.369 e. The van der Waals surface area contributed by atoms with Crippen LogP contribution in [-0.2, 0) is 4.79 Å². The van der Waals surface area contributed by atoms with Gasteiger partial charge in [-0.25, -0.2) is 5.32 Å². The molecule has 2 unspecified atom stereocenters. The van der Waals surface area contributed by atoms with E-state index in [0.717, 1.165) is 18.1 Å². The number of rotatable bonds is 2. The summed E-state index contributed by atoms with van der Waals surface area (Å²) in [7, 11) is 0. The van der Waals surface area contributed by atoms with E-state index in [1.165, 1.54) is 0 Å². The molecule has 1 saturated heterocycles. The van der Waals surface area contributed by atoms with Gasteiger partial charge >= 0.3 is 0 Å². The summed E-state index contributed by atoms with van der Waals surface area (Å²) in [4.78, 5) is 10.8. The van der Waals surface area contributed by atoms with Gasteiger partial charge in [0.25, 0.3) is 0 Å². The highest BCUT2D eigenvalue weighted by atomic mass is 32.2. The molecule has 2 N–H and O–H groups in total. The number of carbonyl (C=O) groups excluding carboxylic acids is 1. The second-order valence-electron chi connectivity index (χ2n) is 2.74. The first-order valence-electron chi connectivity index (χ1n) is 3.75.